The second kappa shape index (κ2) is 5.84. The van der Waals surface area contributed by atoms with Crippen LogP contribution < -0.4 is 5.73 Å². The van der Waals surface area contributed by atoms with E-state index in [2.05, 4.69) is 20.4 Å². The second-order valence-corrected chi connectivity index (χ2v) is 4.98. The average molecular weight is 283 g/mol. The zero-order valence-corrected chi connectivity index (χ0v) is 11.8. The highest BCUT2D eigenvalue weighted by Crippen LogP contribution is 2.04. The lowest BCUT2D eigenvalue weighted by Crippen LogP contribution is -2.03. The van der Waals surface area contributed by atoms with E-state index in [4.69, 9.17) is 5.73 Å². The zero-order valence-electron chi connectivity index (χ0n) is 11.8. The maximum atomic E-state index is 5.57. The smallest absolute Gasteiger partial charge is 0.104 e. The molecule has 0 fully saturated rings. The van der Waals surface area contributed by atoms with E-state index in [1.807, 2.05) is 36.1 Å². The van der Waals surface area contributed by atoms with Crippen LogP contribution >= 0.6 is 0 Å². The zero-order chi connectivity index (χ0) is 14.7. The SMILES string of the molecule is Cc1ccnc(Cn2cc(Cn3cc(CN)cn3)nn2)c1. The van der Waals surface area contributed by atoms with Gasteiger partial charge in [-0.1, -0.05) is 5.21 Å². The van der Waals surface area contributed by atoms with E-state index in [0.29, 0.717) is 19.6 Å². The third-order valence-corrected chi connectivity index (χ3v) is 3.13. The van der Waals surface area contributed by atoms with Crippen LogP contribution in [0.25, 0.3) is 0 Å². The van der Waals surface area contributed by atoms with Crippen LogP contribution in [-0.4, -0.2) is 29.8 Å². The van der Waals surface area contributed by atoms with Gasteiger partial charge in [-0.15, -0.1) is 5.10 Å². The van der Waals surface area contributed by atoms with Gasteiger partial charge < -0.3 is 5.73 Å². The summed E-state index contributed by atoms with van der Waals surface area (Å²) in [5, 5.41) is 12.5. The van der Waals surface area contributed by atoms with Gasteiger partial charge in [0.1, 0.15) is 5.69 Å². The lowest BCUT2D eigenvalue weighted by molar-refractivity contribution is 0.636. The molecule has 0 amide bonds. The number of nitrogens with zero attached hydrogens (tertiary/aromatic N) is 6. The Labute approximate surface area is 122 Å². The first-order valence-corrected chi connectivity index (χ1v) is 6.75. The molecule has 3 heterocycles. The normalized spacial score (nSPS) is 11.0. The summed E-state index contributed by atoms with van der Waals surface area (Å²) >= 11 is 0. The quantitative estimate of drug-likeness (QED) is 0.746. The highest BCUT2D eigenvalue weighted by molar-refractivity contribution is 5.14. The number of pyridine rings is 1. The van der Waals surface area contributed by atoms with Crippen molar-refractivity contribution in [3.05, 3.63) is 59.4 Å². The van der Waals surface area contributed by atoms with Gasteiger partial charge in [-0.2, -0.15) is 5.10 Å². The Bertz CT molecular complexity index is 728. The Balaban J connectivity index is 1.68. The van der Waals surface area contributed by atoms with E-state index < -0.39 is 0 Å². The van der Waals surface area contributed by atoms with E-state index in [1.54, 1.807) is 17.1 Å². The summed E-state index contributed by atoms with van der Waals surface area (Å²) < 4.78 is 3.59. The number of rotatable bonds is 5. The van der Waals surface area contributed by atoms with Gasteiger partial charge in [-0.3, -0.25) is 9.67 Å². The number of aromatic nitrogens is 6. The topological polar surface area (TPSA) is 87.4 Å². The molecule has 3 aromatic rings. The fraction of sp³-hybridized carbons (Fsp3) is 0.286. The summed E-state index contributed by atoms with van der Waals surface area (Å²) in [5.74, 6) is 0. The number of aryl methyl sites for hydroxylation is 1. The molecule has 3 aromatic heterocycles. The van der Waals surface area contributed by atoms with Crippen LogP contribution in [0.15, 0.2) is 36.9 Å². The van der Waals surface area contributed by atoms with E-state index in [-0.39, 0.29) is 0 Å². The van der Waals surface area contributed by atoms with Crippen molar-refractivity contribution in [2.75, 3.05) is 0 Å². The standard InChI is InChI=1S/C14H17N7/c1-11-2-3-16-13(4-11)8-21-10-14(18-19-21)9-20-7-12(5-15)6-17-20/h2-4,6-7,10H,5,8-9,15H2,1H3. The third kappa shape index (κ3) is 3.32. The van der Waals surface area contributed by atoms with Crippen molar-refractivity contribution in [2.24, 2.45) is 5.73 Å². The van der Waals surface area contributed by atoms with E-state index >= 15 is 0 Å². The molecular formula is C14H17N7. The molecule has 0 aliphatic heterocycles. The molecule has 7 heteroatoms. The predicted octanol–water partition coefficient (Wildman–Crippen LogP) is 0.733. The number of hydrogen-bond acceptors (Lipinski definition) is 5. The lowest BCUT2D eigenvalue weighted by Gasteiger charge is -2.00. The number of nitrogens with two attached hydrogens (primary N) is 1. The van der Waals surface area contributed by atoms with Crippen molar-refractivity contribution in [1.82, 2.24) is 29.8 Å². The molecule has 0 atom stereocenters. The number of hydrogen-bond donors (Lipinski definition) is 1. The Morgan fingerprint density at radius 2 is 2.00 bits per heavy atom. The van der Waals surface area contributed by atoms with Crippen molar-refractivity contribution in [3.63, 3.8) is 0 Å². The van der Waals surface area contributed by atoms with Crippen molar-refractivity contribution in [3.8, 4) is 0 Å². The van der Waals surface area contributed by atoms with Crippen LogP contribution in [0.5, 0.6) is 0 Å². The van der Waals surface area contributed by atoms with Gasteiger partial charge in [-0.05, 0) is 24.6 Å². The Morgan fingerprint density at radius 3 is 2.76 bits per heavy atom. The molecular weight excluding hydrogens is 266 g/mol. The minimum absolute atomic E-state index is 0.492. The minimum atomic E-state index is 0.492. The minimum Gasteiger partial charge on any atom is -0.326 e. The van der Waals surface area contributed by atoms with Crippen molar-refractivity contribution in [2.45, 2.75) is 26.6 Å². The third-order valence-electron chi connectivity index (χ3n) is 3.13. The maximum Gasteiger partial charge on any atom is 0.104 e. The van der Waals surface area contributed by atoms with Gasteiger partial charge in [0.25, 0.3) is 0 Å². The van der Waals surface area contributed by atoms with Crippen molar-refractivity contribution in [1.29, 1.82) is 0 Å². The van der Waals surface area contributed by atoms with Crippen LogP contribution in [0, 0.1) is 6.92 Å². The summed E-state index contributed by atoms with van der Waals surface area (Å²) in [6.45, 7) is 3.74. The average Bonchev–Trinajstić information content (AvgIpc) is 3.09. The first-order chi connectivity index (χ1) is 10.2. The lowest BCUT2D eigenvalue weighted by atomic mass is 10.2. The summed E-state index contributed by atoms with van der Waals surface area (Å²) in [4.78, 5) is 4.32. The van der Waals surface area contributed by atoms with Crippen molar-refractivity contribution >= 4 is 0 Å². The molecule has 108 valence electrons. The molecule has 0 bridgehead atoms. The van der Waals surface area contributed by atoms with Crippen LogP contribution in [0.1, 0.15) is 22.5 Å². The largest absolute Gasteiger partial charge is 0.326 e. The first-order valence-electron chi connectivity index (χ1n) is 6.75. The van der Waals surface area contributed by atoms with Crippen LogP contribution in [0.3, 0.4) is 0 Å². The van der Waals surface area contributed by atoms with Gasteiger partial charge in [-0.25, -0.2) is 4.68 Å². The molecule has 0 aliphatic rings. The summed E-state index contributed by atoms with van der Waals surface area (Å²) in [5.41, 5.74) is 9.58. The Hall–Kier alpha value is -2.54. The summed E-state index contributed by atoms with van der Waals surface area (Å²) in [7, 11) is 0. The van der Waals surface area contributed by atoms with Gasteiger partial charge in [0.15, 0.2) is 0 Å². The molecule has 0 unspecified atom stereocenters. The molecule has 0 aliphatic carbocycles. The predicted molar refractivity (Wildman–Crippen MR) is 77.3 cm³/mol. The first kappa shape index (κ1) is 13.4. The van der Waals surface area contributed by atoms with Crippen LogP contribution in [0.4, 0.5) is 0 Å². The molecule has 0 spiro atoms. The van der Waals surface area contributed by atoms with E-state index in [1.165, 1.54) is 5.56 Å². The molecule has 0 aromatic carbocycles. The summed E-state index contributed by atoms with van der Waals surface area (Å²) in [6.07, 6.45) is 7.40. The van der Waals surface area contributed by atoms with Gasteiger partial charge in [0.05, 0.1) is 31.2 Å². The van der Waals surface area contributed by atoms with E-state index in [9.17, 15) is 0 Å². The van der Waals surface area contributed by atoms with E-state index in [0.717, 1.165) is 17.0 Å². The Kier molecular flexibility index (Phi) is 3.74. The fourth-order valence-corrected chi connectivity index (χ4v) is 2.10. The molecule has 0 saturated carbocycles. The highest BCUT2D eigenvalue weighted by atomic mass is 15.4. The molecule has 0 radical (unpaired) electrons. The molecule has 0 saturated heterocycles. The maximum absolute atomic E-state index is 5.57. The fourth-order valence-electron chi connectivity index (χ4n) is 2.10. The molecule has 3 rings (SSSR count). The second-order valence-electron chi connectivity index (χ2n) is 4.98. The van der Waals surface area contributed by atoms with Gasteiger partial charge in [0, 0.05) is 24.5 Å². The summed E-state index contributed by atoms with van der Waals surface area (Å²) in [6, 6.07) is 4.02. The molecule has 2 N–H and O–H groups in total. The monoisotopic (exact) mass is 283 g/mol. The Morgan fingerprint density at radius 1 is 1.14 bits per heavy atom. The van der Waals surface area contributed by atoms with Gasteiger partial charge in [0.2, 0.25) is 0 Å². The van der Waals surface area contributed by atoms with Crippen LogP contribution in [-0.2, 0) is 19.6 Å². The highest BCUT2D eigenvalue weighted by Gasteiger charge is 2.05. The van der Waals surface area contributed by atoms with Gasteiger partial charge >= 0.3 is 0 Å². The van der Waals surface area contributed by atoms with Crippen molar-refractivity contribution < 1.29 is 0 Å². The molecule has 21 heavy (non-hydrogen) atoms. The van der Waals surface area contributed by atoms with Crippen LogP contribution in [0.2, 0.25) is 0 Å². The molecule has 7 nitrogen and oxygen atoms in total.